The van der Waals surface area contributed by atoms with Crippen molar-refractivity contribution in [1.29, 1.82) is 0 Å². The maximum absolute atomic E-state index is 12.8. The average molecular weight is 378 g/mol. The molecule has 3 aromatic rings. The van der Waals surface area contributed by atoms with E-state index in [0.717, 1.165) is 11.4 Å². The number of carbonyl (C=O) groups excluding carboxylic acids is 1. The number of hydrogen-bond donors (Lipinski definition) is 2. The molecule has 3 heterocycles. The topological polar surface area (TPSA) is 88.6 Å². The molecule has 2 aliphatic heterocycles. The Morgan fingerprint density at radius 1 is 1.07 bits per heavy atom. The van der Waals surface area contributed by atoms with Crippen molar-refractivity contribution in [3.05, 3.63) is 70.1 Å². The lowest BCUT2D eigenvalue weighted by atomic mass is 10.1. The molecule has 2 aliphatic rings. The third-order valence-electron chi connectivity index (χ3n) is 4.98. The van der Waals surface area contributed by atoms with Gasteiger partial charge in [0.25, 0.3) is 5.56 Å². The van der Waals surface area contributed by atoms with Crippen LogP contribution in [0.4, 0.5) is 10.5 Å². The SMILES string of the molecule is O=C(Nc1ccc2c(c1)OCO2)N1CCc2[nH]n(-c3ccccc3)c(=O)c2C1. The quantitative estimate of drug-likeness (QED) is 0.717. The van der Waals surface area contributed by atoms with Gasteiger partial charge in [-0.15, -0.1) is 0 Å². The van der Waals surface area contributed by atoms with E-state index in [0.29, 0.717) is 35.7 Å². The minimum absolute atomic E-state index is 0.123. The van der Waals surface area contributed by atoms with Crippen LogP contribution >= 0.6 is 0 Å². The van der Waals surface area contributed by atoms with Crippen molar-refractivity contribution >= 4 is 11.7 Å². The number of fused-ring (bicyclic) bond motifs is 2. The molecule has 0 aliphatic carbocycles. The van der Waals surface area contributed by atoms with Gasteiger partial charge in [0.2, 0.25) is 6.79 Å². The van der Waals surface area contributed by atoms with E-state index in [-0.39, 0.29) is 24.9 Å². The summed E-state index contributed by atoms with van der Waals surface area (Å²) in [5.41, 5.74) is 2.77. The molecule has 0 saturated carbocycles. The third-order valence-corrected chi connectivity index (χ3v) is 4.98. The van der Waals surface area contributed by atoms with Crippen molar-refractivity contribution in [2.75, 3.05) is 18.7 Å². The smallest absolute Gasteiger partial charge is 0.322 e. The first-order valence-corrected chi connectivity index (χ1v) is 9.03. The van der Waals surface area contributed by atoms with E-state index >= 15 is 0 Å². The molecule has 0 spiro atoms. The highest BCUT2D eigenvalue weighted by molar-refractivity contribution is 5.90. The van der Waals surface area contributed by atoms with Crippen molar-refractivity contribution < 1.29 is 14.3 Å². The second-order valence-corrected chi connectivity index (χ2v) is 6.71. The lowest BCUT2D eigenvalue weighted by Crippen LogP contribution is -2.40. The Labute approximate surface area is 160 Å². The molecule has 8 heteroatoms. The third kappa shape index (κ3) is 2.79. The van der Waals surface area contributed by atoms with E-state index in [9.17, 15) is 9.59 Å². The minimum Gasteiger partial charge on any atom is -0.454 e. The number of anilines is 1. The molecule has 0 atom stereocenters. The fourth-order valence-electron chi connectivity index (χ4n) is 3.51. The largest absolute Gasteiger partial charge is 0.454 e. The van der Waals surface area contributed by atoms with E-state index in [1.165, 1.54) is 4.68 Å². The number of rotatable bonds is 2. The van der Waals surface area contributed by atoms with E-state index in [1.807, 2.05) is 30.3 Å². The summed E-state index contributed by atoms with van der Waals surface area (Å²) in [6.45, 7) is 0.974. The summed E-state index contributed by atoms with van der Waals surface area (Å²) in [5, 5.41) is 6.03. The summed E-state index contributed by atoms with van der Waals surface area (Å²) in [6, 6.07) is 14.4. The maximum atomic E-state index is 12.8. The molecule has 0 fully saturated rings. The van der Waals surface area contributed by atoms with Crippen LogP contribution in [-0.2, 0) is 13.0 Å². The number of nitrogens with zero attached hydrogens (tertiary/aromatic N) is 2. The van der Waals surface area contributed by atoms with Crippen molar-refractivity contribution in [3.8, 4) is 17.2 Å². The van der Waals surface area contributed by atoms with Gasteiger partial charge in [0.15, 0.2) is 11.5 Å². The maximum Gasteiger partial charge on any atom is 0.322 e. The second-order valence-electron chi connectivity index (χ2n) is 6.71. The number of aromatic amines is 1. The first-order chi connectivity index (χ1) is 13.7. The lowest BCUT2D eigenvalue weighted by Gasteiger charge is -2.26. The van der Waals surface area contributed by atoms with Crippen LogP contribution in [-0.4, -0.2) is 34.0 Å². The Balaban J connectivity index is 1.35. The van der Waals surface area contributed by atoms with Crippen LogP contribution in [0.5, 0.6) is 11.5 Å². The highest BCUT2D eigenvalue weighted by Crippen LogP contribution is 2.34. The van der Waals surface area contributed by atoms with Gasteiger partial charge in [0.05, 0.1) is 17.8 Å². The van der Waals surface area contributed by atoms with Gasteiger partial charge in [-0.3, -0.25) is 9.89 Å². The number of para-hydroxylation sites is 1. The average Bonchev–Trinajstić information content (AvgIpc) is 3.32. The summed E-state index contributed by atoms with van der Waals surface area (Å²) in [6.07, 6.45) is 0.596. The number of urea groups is 1. The summed E-state index contributed by atoms with van der Waals surface area (Å²) in [5.74, 6) is 1.27. The van der Waals surface area contributed by atoms with Gasteiger partial charge in [0, 0.05) is 30.4 Å². The van der Waals surface area contributed by atoms with Crippen molar-refractivity contribution in [2.45, 2.75) is 13.0 Å². The van der Waals surface area contributed by atoms with Crippen LogP contribution in [0.2, 0.25) is 0 Å². The Morgan fingerprint density at radius 3 is 2.75 bits per heavy atom. The summed E-state index contributed by atoms with van der Waals surface area (Å²) in [4.78, 5) is 27.1. The first kappa shape index (κ1) is 16.5. The summed E-state index contributed by atoms with van der Waals surface area (Å²) >= 11 is 0. The van der Waals surface area contributed by atoms with Crippen LogP contribution in [0.1, 0.15) is 11.3 Å². The highest BCUT2D eigenvalue weighted by atomic mass is 16.7. The number of carbonyl (C=O) groups is 1. The van der Waals surface area contributed by atoms with Gasteiger partial charge in [-0.25, -0.2) is 9.48 Å². The second kappa shape index (κ2) is 6.49. The van der Waals surface area contributed by atoms with E-state index in [1.54, 1.807) is 23.1 Å². The molecule has 0 radical (unpaired) electrons. The number of ether oxygens (including phenoxy) is 2. The van der Waals surface area contributed by atoms with Crippen LogP contribution in [0.15, 0.2) is 53.3 Å². The molecule has 5 rings (SSSR count). The van der Waals surface area contributed by atoms with Crippen molar-refractivity contribution in [3.63, 3.8) is 0 Å². The zero-order valence-corrected chi connectivity index (χ0v) is 15.0. The number of benzene rings is 2. The Morgan fingerprint density at radius 2 is 1.89 bits per heavy atom. The van der Waals surface area contributed by atoms with Gasteiger partial charge in [-0.2, -0.15) is 0 Å². The van der Waals surface area contributed by atoms with Crippen molar-refractivity contribution in [1.82, 2.24) is 14.7 Å². The van der Waals surface area contributed by atoms with Crippen LogP contribution in [0.25, 0.3) is 5.69 Å². The normalized spacial score (nSPS) is 14.6. The van der Waals surface area contributed by atoms with E-state index in [4.69, 9.17) is 9.47 Å². The molecule has 28 heavy (non-hydrogen) atoms. The standard InChI is InChI=1S/C20H18N4O4/c25-19-15-11-23(9-8-16(15)22-24(19)14-4-2-1-3-5-14)20(26)21-13-6-7-17-18(10-13)28-12-27-17/h1-7,10,22H,8-9,11-12H2,(H,21,26). The van der Waals surface area contributed by atoms with Gasteiger partial charge in [0.1, 0.15) is 0 Å². The summed E-state index contributed by atoms with van der Waals surface area (Å²) < 4.78 is 12.1. The number of H-pyrrole nitrogens is 1. The molecule has 0 bridgehead atoms. The van der Waals surface area contributed by atoms with Gasteiger partial charge in [-0.1, -0.05) is 18.2 Å². The molecule has 142 valence electrons. The number of amides is 2. The van der Waals surface area contributed by atoms with E-state index < -0.39 is 0 Å². The molecule has 0 saturated heterocycles. The Hall–Kier alpha value is -3.68. The minimum atomic E-state index is -0.253. The van der Waals surface area contributed by atoms with Gasteiger partial charge >= 0.3 is 6.03 Å². The van der Waals surface area contributed by atoms with Crippen LogP contribution in [0, 0.1) is 0 Å². The van der Waals surface area contributed by atoms with Crippen LogP contribution in [0.3, 0.4) is 0 Å². The van der Waals surface area contributed by atoms with Gasteiger partial charge < -0.3 is 19.7 Å². The Kier molecular flexibility index (Phi) is 3.82. The molecule has 1 aromatic heterocycles. The predicted octanol–water partition coefficient (Wildman–Crippen LogP) is 2.48. The van der Waals surface area contributed by atoms with E-state index in [2.05, 4.69) is 10.4 Å². The molecular weight excluding hydrogens is 360 g/mol. The number of aromatic nitrogens is 2. The molecule has 0 unspecified atom stereocenters. The highest BCUT2D eigenvalue weighted by Gasteiger charge is 2.26. The number of hydrogen-bond acceptors (Lipinski definition) is 4. The lowest BCUT2D eigenvalue weighted by molar-refractivity contribution is 0.174. The Bertz CT molecular complexity index is 1100. The van der Waals surface area contributed by atoms with Crippen LogP contribution < -0.4 is 20.3 Å². The first-order valence-electron chi connectivity index (χ1n) is 9.03. The fraction of sp³-hybridized carbons (Fsp3) is 0.200. The monoisotopic (exact) mass is 378 g/mol. The number of nitrogens with one attached hydrogen (secondary N) is 2. The molecule has 8 nitrogen and oxygen atoms in total. The zero-order valence-electron chi connectivity index (χ0n) is 15.0. The molecule has 2 amide bonds. The predicted molar refractivity (Wildman–Crippen MR) is 102 cm³/mol. The van der Waals surface area contributed by atoms with Crippen molar-refractivity contribution in [2.24, 2.45) is 0 Å². The summed E-state index contributed by atoms with van der Waals surface area (Å²) in [7, 11) is 0. The molecular formula is C20H18N4O4. The fourth-order valence-corrected chi connectivity index (χ4v) is 3.51. The zero-order chi connectivity index (χ0) is 19.1. The van der Waals surface area contributed by atoms with Gasteiger partial charge in [-0.05, 0) is 24.3 Å². The molecule has 2 N–H and O–H groups in total. The molecule has 2 aromatic carbocycles.